The molecule has 0 aliphatic heterocycles. The zero-order valence-electron chi connectivity index (χ0n) is 15.3. The van der Waals surface area contributed by atoms with Gasteiger partial charge in [0.2, 0.25) is 5.91 Å². The first kappa shape index (κ1) is 20.9. The average Bonchev–Trinajstić information content (AvgIpc) is 2.59. The van der Waals surface area contributed by atoms with Crippen molar-refractivity contribution in [1.29, 1.82) is 0 Å². The Kier molecular flexibility index (Phi) is 7.39. The highest BCUT2D eigenvalue weighted by Crippen LogP contribution is 2.22. The fraction of sp³-hybridized carbons (Fsp3) is 0.250. The number of carbonyl (C=O) groups is 2. The Morgan fingerprint density at radius 1 is 1.07 bits per heavy atom. The van der Waals surface area contributed by atoms with Crippen LogP contribution >= 0.6 is 23.2 Å². The Morgan fingerprint density at radius 2 is 1.74 bits per heavy atom. The van der Waals surface area contributed by atoms with Crippen molar-refractivity contribution in [3.63, 3.8) is 0 Å². The van der Waals surface area contributed by atoms with E-state index in [0.29, 0.717) is 28.4 Å². The molecule has 2 amide bonds. The van der Waals surface area contributed by atoms with E-state index in [1.54, 1.807) is 31.2 Å². The number of nitrogens with zero attached hydrogens (tertiary/aromatic N) is 1. The lowest BCUT2D eigenvalue weighted by molar-refractivity contribution is -0.121. The van der Waals surface area contributed by atoms with Crippen molar-refractivity contribution in [2.75, 3.05) is 5.32 Å². The molecule has 2 aromatic carbocycles. The van der Waals surface area contributed by atoms with Crippen LogP contribution in [0.15, 0.2) is 47.6 Å². The summed E-state index contributed by atoms with van der Waals surface area (Å²) in [6.45, 7) is 5.75. The highest BCUT2D eigenvalue weighted by atomic mass is 35.5. The molecule has 2 rings (SSSR count). The summed E-state index contributed by atoms with van der Waals surface area (Å²) in [5.74, 6) is -0.165. The fourth-order valence-electron chi connectivity index (χ4n) is 2.29. The van der Waals surface area contributed by atoms with Crippen LogP contribution in [0.3, 0.4) is 0 Å². The second kappa shape index (κ2) is 9.53. The van der Waals surface area contributed by atoms with Crippen LogP contribution in [0, 0.1) is 5.92 Å². The fourth-order valence-corrected chi connectivity index (χ4v) is 2.79. The first-order valence-electron chi connectivity index (χ1n) is 8.46. The maximum absolute atomic E-state index is 12.3. The van der Waals surface area contributed by atoms with Crippen molar-refractivity contribution in [1.82, 2.24) is 5.43 Å². The topological polar surface area (TPSA) is 70.6 Å². The molecule has 27 heavy (non-hydrogen) atoms. The van der Waals surface area contributed by atoms with Gasteiger partial charge in [0.05, 0.1) is 16.3 Å². The van der Waals surface area contributed by atoms with Crippen molar-refractivity contribution >= 4 is 46.4 Å². The molecule has 0 aliphatic rings. The summed E-state index contributed by atoms with van der Waals surface area (Å²) in [4.78, 5) is 24.0. The SMILES string of the molecule is C/C(=N/NC(=O)CC(C)C)c1ccc(NC(=O)c2ccc(Cl)cc2Cl)cc1. The molecule has 0 fully saturated rings. The Labute approximate surface area is 168 Å². The van der Waals surface area contributed by atoms with Crippen molar-refractivity contribution in [2.24, 2.45) is 11.0 Å². The van der Waals surface area contributed by atoms with Gasteiger partial charge in [0.25, 0.3) is 5.91 Å². The summed E-state index contributed by atoms with van der Waals surface area (Å²) in [5.41, 5.74) is 5.01. The second-order valence-corrected chi connectivity index (χ2v) is 7.33. The van der Waals surface area contributed by atoms with Gasteiger partial charge in [-0.25, -0.2) is 5.43 Å². The van der Waals surface area contributed by atoms with E-state index in [1.165, 1.54) is 6.07 Å². The number of hydrazone groups is 1. The quantitative estimate of drug-likeness (QED) is 0.516. The van der Waals surface area contributed by atoms with Crippen LogP contribution in [-0.2, 0) is 4.79 Å². The summed E-state index contributed by atoms with van der Waals surface area (Å²) in [6, 6.07) is 11.8. The summed E-state index contributed by atoms with van der Waals surface area (Å²) in [6.07, 6.45) is 0.426. The van der Waals surface area contributed by atoms with Crippen molar-refractivity contribution in [3.8, 4) is 0 Å². The van der Waals surface area contributed by atoms with E-state index in [0.717, 1.165) is 5.56 Å². The van der Waals surface area contributed by atoms with Gasteiger partial charge in [-0.3, -0.25) is 9.59 Å². The number of hydrogen-bond acceptors (Lipinski definition) is 3. The van der Waals surface area contributed by atoms with Gasteiger partial charge in [-0.1, -0.05) is 49.2 Å². The predicted molar refractivity (Wildman–Crippen MR) is 111 cm³/mol. The van der Waals surface area contributed by atoms with Crippen LogP contribution in [0.25, 0.3) is 0 Å². The molecule has 0 saturated heterocycles. The molecule has 0 bridgehead atoms. The molecule has 5 nitrogen and oxygen atoms in total. The minimum atomic E-state index is -0.323. The van der Waals surface area contributed by atoms with E-state index in [2.05, 4.69) is 15.8 Å². The smallest absolute Gasteiger partial charge is 0.257 e. The third-order valence-corrected chi connectivity index (χ3v) is 4.23. The summed E-state index contributed by atoms with van der Waals surface area (Å²) < 4.78 is 0. The largest absolute Gasteiger partial charge is 0.322 e. The molecule has 7 heteroatoms. The van der Waals surface area contributed by atoms with Gasteiger partial charge in [0.1, 0.15) is 0 Å². The monoisotopic (exact) mass is 405 g/mol. The number of anilines is 1. The molecule has 0 spiro atoms. The zero-order chi connectivity index (χ0) is 20.0. The van der Waals surface area contributed by atoms with E-state index in [9.17, 15) is 9.59 Å². The maximum Gasteiger partial charge on any atom is 0.257 e. The van der Waals surface area contributed by atoms with Gasteiger partial charge >= 0.3 is 0 Å². The molecule has 0 heterocycles. The summed E-state index contributed by atoms with van der Waals surface area (Å²) in [7, 11) is 0. The van der Waals surface area contributed by atoms with Crippen molar-refractivity contribution in [3.05, 3.63) is 63.6 Å². The molecule has 0 radical (unpaired) electrons. The molecular weight excluding hydrogens is 385 g/mol. The van der Waals surface area contributed by atoms with E-state index in [1.807, 2.05) is 26.0 Å². The van der Waals surface area contributed by atoms with Crippen LogP contribution in [0.4, 0.5) is 5.69 Å². The maximum atomic E-state index is 12.3. The number of carbonyl (C=O) groups excluding carboxylic acids is 2. The van der Waals surface area contributed by atoms with Gasteiger partial charge in [0.15, 0.2) is 0 Å². The van der Waals surface area contributed by atoms with Gasteiger partial charge in [0, 0.05) is 17.1 Å². The molecular formula is C20H21Cl2N3O2. The first-order chi connectivity index (χ1) is 12.8. The average molecular weight is 406 g/mol. The van der Waals surface area contributed by atoms with Crippen LogP contribution in [-0.4, -0.2) is 17.5 Å². The number of halogens is 2. The van der Waals surface area contributed by atoms with Gasteiger partial charge in [-0.05, 0) is 48.7 Å². The standard InChI is InChI=1S/C20H21Cl2N3O2/c1-12(2)10-19(26)25-24-13(3)14-4-7-16(8-5-14)23-20(27)17-9-6-15(21)11-18(17)22/h4-9,11-12H,10H2,1-3H3,(H,23,27)(H,25,26)/b24-13-. The molecule has 0 aromatic heterocycles. The van der Waals surface area contributed by atoms with E-state index >= 15 is 0 Å². The Balaban J connectivity index is 2.02. The molecule has 2 aromatic rings. The molecule has 142 valence electrons. The first-order valence-corrected chi connectivity index (χ1v) is 9.22. The van der Waals surface area contributed by atoms with Crippen molar-refractivity contribution in [2.45, 2.75) is 27.2 Å². The Bertz CT molecular complexity index is 862. The van der Waals surface area contributed by atoms with Crippen LogP contribution < -0.4 is 10.7 Å². The Morgan fingerprint density at radius 3 is 2.33 bits per heavy atom. The molecule has 0 saturated carbocycles. The van der Waals surface area contributed by atoms with Gasteiger partial charge in [-0.2, -0.15) is 5.10 Å². The number of nitrogens with one attached hydrogen (secondary N) is 2. The third kappa shape index (κ3) is 6.38. The second-order valence-electron chi connectivity index (χ2n) is 6.49. The third-order valence-electron chi connectivity index (χ3n) is 3.68. The van der Waals surface area contributed by atoms with E-state index in [4.69, 9.17) is 23.2 Å². The molecule has 0 aliphatic carbocycles. The summed E-state index contributed by atoms with van der Waals surface area (Å²) >= 11 is 11.9. The van der Waals surface area contributed by atoms with Crippen molar-refractivity contribution < 1.29 is 9.59 Å². The lowest BCUT2D eigenvalue weighted by Gasteiger charge is -2.08. The lowest BCUT2D eigenvalue weighted by atomic mass is 10.1. The van der Waals surface area contributed by atoms with E-state index in [-0.39, 0.29) is 22.8 Å². The molecule has 0 atom stereocenters. The minimum Gasteiger partial charge on any atom is -0.322 e. The van der Waals surface area contributed by atoms with Crippen LogP contribution in [0.1, 0.15) is 43.1 Å². The van der Waals surface area contributed by atoms with Crippen LogP contribution in [0.5, 0.6) is 0 Å². The zero-order valence-corrected chi connectivity index (χ0v) is 16.9. The minimum absolute atomic E-state index is 0.118. The number of rotatable bonds is 6. The van der Waals surface area contributed by atoms with Gasteiger partial charge < -0.3 is 5.32 Å². The number of hydrogen-bond donors (Lipinski definition) is 2. The normalized spacial score (nSPS) is 11.4. The molecule has 2 N–H and O–H groups in total. The highest BCUT2D eigenvalue weighted by Gasteiger charge is 2.11. The molecule has 0 unspecified atom stereocenters. The lowest BCUT2D eigenvalue weighted by Crippen LogP contribution is -2.20. The number of benzene rings is 2. The highest BCUT2D eigenvalue weighted by molar-refractivity contribution is 6.37. The Hall–Kier alpha value is -2.37. The summed E-state index contributed by atoms with van der Waals surface area (Å²) in [5, 5.41) is 7.64. The predicted octanol–water partition coefficient (Wildman–Crippen LogP) is 5.13. The van der Waals surface area contributed by atoms with Gasteiger partial charge in [-0.15, -0.1) is 0 Å². The van der Waals surface area contributed by atoms with E-state index < -0.39 is 0 Å². The van der Waals surface area contributed by atoms with Crippen LogP contribution in [0.2, 0.25) is 10.0 Å². The number of amides is 2.